The Labute approximate surface area is 180 Å². The number of nitrogens with zero attached hydrogens (tertiary/aromatic N) is 3. The van der Waals surface area contributed by atoms with Crippen molar-refractivity contribution in [3.05, 3.63) is 47.3 Å². The summed E-state index contributed by atoms with van der Waals surface area (Å²) in [4.78, 5) is 18.1. The van der Waals surface area contributed by atoms with Gasteiger partial charge in [0.1, 0.15) is 5.75 Å². The van der Waals surface area contributed by atoms with Crippen molar-refractivity contribution < 1.29 is 17.9 Å². The van der Waals surface area contributed by atoms with Crippen LogP contribution < -0.4 is 10.1 Å². The van der Waals surface area contributed by atoms with E-state index in [0.717, 1.165) is 18.5 Å². The summed E-state index contributed by atoms with van der Waals surface area (Å²) in [6.07, 6.45) is 2.60. The first-order valence-corrected chi connectivity index (χ1v) is 12.2. The Morgan fingerprint density at radius 1 is 1.23 bits per heavy atom. The van der Waals surface area contributed by atoms with Gasteiger partial charge in [-0.05, 0) is 44.4 Å². The molecular formula is C22H24N4O4S. The smallest absolute Gasteiger partial charge is 0.256 e. The lowest BCUT2D eigenvalue weighted by Crippen LogP contribution is -2.15. The molecule has 31 heavy (non-hydrogen) atoms. The molecule has 0 spiro atoms. The highest BCUT2D eigenvalue weighted by Crippen LogP contribution is 2.41. The summed E-state index contributed by atoms with van der Waals surface area (Å²) < 4.78 is 31.0. The highest BCUT2D eigenvalue weighted by molar-refractivity contribution is 7.91. The van der Waals surface area contributed by atoms with Crippen LogP contribution in [0.3, 0.4) is 0 Å². The Bertz CT molecular complexity index is 1290. The molecule has 2 aliphatic rings. The van der Waals surface area contributed by atoms with Gasteiger partial charge in [-0.1, -0.05) is 6.07 Å². The third-order valence-electron chi connectivity index (χ3n) is 5.98. The number of amides is 1. The molecule has 2 fully saturated rings. The summed E-state index contributed by atoms with van der Waals surface area (Å²) in [5, 5.41) is 8.25. The summed E-state index contributed by atoms with van der Waals surface area (Å²) in [5.41, 5.74) is 3.28. The molecule has 1 amide bonds. The fourth-order valence-corrected chi connectivity index (χ4v) is 5.91. The number of pyridine rings is 1. The molecule has 0 radical (unpaired) electrons. The van der Waals surface area contributed by atoms with Gasteiger partial charge >= 0.3 is 0 Å². The maximum Gasteiger partial charge on any atom is 0.256 e. The van der Waals surface area contributed by atoms with E-state index >= 15 is 0 Å². The van der Waals surface area contributed by atoms with Gasteiger partial charge in [-0.3, -0.25) is 4.79 Å². The predicted octanol–water partition coefficient (Wildman–Crippen LogP) is 3.24. The molecule has 2 aromatic heterocycles. The molecule has 8 nitrogen and oxygen atoms in total. The molecule has 1 saturated heterocycles. The van der Waals surface area contributed by atoms with Gasteiger partial charge in [0.05, 0.1) is 41.3 Å². The molecule has 1 N–H and O–H groups in total. The first kappa shape index (κ1) is 20.0. The van der Waals surface area contributed by atoms with Crippen molar-refractivity contribution in [3.8, 4) is 5.75 Å². The van der Waals surface area contributed by atoms with E-state index in [1.54, 1.807) is 23.9 Å². The Kier molecular flexibility index (Phi) is 4.73. The van der Waals surface area contributed by atoms with E-state index in [2.05, 4.69) is 10.4 Å². The number of anilines is 1. The third kappa shape index (κ3) is 3.78. The van der Waals surface area contributed by atoms with Crippen LogP contribution in [0.5, 0.6) is 5.75 Å². The Hall–Kier alpha value is -2.94. The van der Waals surface area contributed by atoms with Gasteiger partial charge in [-0.25, -0.2) is 18.1 Å². The van der Waals surface area contributed by atoms with Crippen LogP contribution in [0.1, 0.15) is 53.0 Å². The number of ether oxygens (including phenoxy) is 1. The van der Waals surface area contributed by atoms with Gasteiger partial charge < -0.3 is 10.1 Å². The van der Waals surface area contributed by atoms with E-state index in [1.165, 1.54) is 0 Å². The molecule has 1 saturated carbocycles. The number of hydrogen-bond donors (Lipinski definition) is 1. The standard InChI is InChI=1S/C22H24N4O4S/c1-13-20-18(22(27)23-15-4-3-5-17(10-15)30-2)11-19(14-6-7-14)24-21(20)26(25-13)16-8-9-31(28,29)12-16/h3-5,10-11,14,16H,6-9,12H2,1-2H3,(H,23,27)/t16-/m0/s1. The molecule has 3 aromatic rings. The monoisotopic (exact) mass is 440 g/mol. The number of sulfone groups is 1. The van der Waals surface area contributed by atoms with Crippen LogP contribution in [-0.4, -0.2) is 47.7 Å². The number of nitrogens with one attached hydrogen (secondary N) is 1. The number of fused-ring (bicyclic) bond motifs is 1. The number of benzene rings is 1. The predicted molar refractivity (Wildman–Crippen MR) is 117 cm³/mol. The number of carbonyl (C=O) groups excluding carboxylic acids is 1. The fraction of sp³-hybridized carbons (Fsp3) is 0.409. The number of methoxy groups -OCH3 is 1. The summed E-state index contributed by atoms with van der Waals surface area (Å²) in [5.74, 6) is 0.962. The van der Waals surface area contributed by atoms with Crippen molar-refractivity contribution in [1.29, 1.82) is 0 Å². The van der Waals surface area contributed by atoms with E-state index < -0.39 is 9.84 Å². The maximum atomic E-state index is 13.3. The zero-order valence-corrected chi connectivity index (χ0v) is 18.3. The number of carbonyl (C=O) groups is 1. The van der Waals surface area contributed by atoms with Crippen molar-refractivity contribution >= 4 is 32.5 Å². The van der Waals surface area contributed by atoms with Gasteiger partial charge in [-0.15, -0.1) is 0 Å². The first-order valence-electron chi connectivity index (χ1n) is 10.4. The van der Waals surface area contributed by atoms with Crippen LogP contribution in [0.25, 0.3) is 11.0 Å². The number of aryl methyl sites for hydroxylation is 1. The van der Waals surface area contributed by atoms with Crippen LogP contribution in [-0.2, 0) is 9.84 Å². The molecular weight excluding hydrogens is 416 g/mol. The lowest BCUT2D eigenvalue weighted by atomic mass is 10.1. The van der Waals surface area contributed by atoms with Crippen molar-refractivity contribution in [2.24, 2.45) is 0 Å². The zero-order chi connectivity index (χ0) is 21.8. The number of rotatable bonds is 5. The second-order valence-corrected chi connectivity index (χ2v) is 10.6. The minimum atomic E-state index is -3.07. The first-order chi connectivity index (χ1) is 14.8. The maximum absolute atomic E-state index is 13.3. The van der Waals surface area contributed by atoms with Gasteiger partial charge in [0.15, 0.2) is 15.5 Å². The second kappa shape index (κ2) is 7.33. The highest BCUT2D eigenvalue weighted by Gasteiger charge is 2.34. The van der Waals surface area contributed by atoms with Crippen LogP contribution in [0, 0.1) is 6.92 Å². The van der Waals surface area contributed by atoms with E-state index in [4.69, 9.17) is 9.72 Å². The topological polar surface area (TPSA) is 103 Å². The molecule has 5 rings (SSSR count). The van der Waals surface area contributed by atoms with E-state index in [-0.39, 0.29) is 23.5 Å². The summed E-state index contributed by atoms with van der Waals surface area (Å²) in [7, 11) is -1.49. The van der Waals surface area contributed by atoms with Crippen LogP contribution >= 0.6 is 0 Å². The largest absolute Gasteiger partial charge is 0.497 e. The van der Waals surface area contributed by atoms with Crippen molar-refractivity contribution in [2.45, 2.75) is 38.1 Å². The SMILES string of the molecule is COc1cccc(NC(=O)c2cc(C3CC3)nc3c2c(C)nn3[C@H]2CCS(=O)(=O)C2)c1. The van der Waals surface area contributed by atoms with Gasteiger partial charge in [-0.2, -0.15) is 5.10 Å². The van der Waals surface area contributed by atoms with Gasteiger partial charge in [0.2, 0.25) is 0 Å². The highest BCUT2D eigenvalue weighted by atomic mass is 32.2. The molecule has 9 heteroatoms. The summed E-state index contributed by atoms with van der Waals surface area (Å²) >= 11 is 0. The lowest BCUT2D eigenvalue weighted by molar-refractivity contribution is 0.102. The molecule has 0 unspecified atom stereocenters. The quantitative estimate of drug-likeness (QED) is 0.653. The van der Waals surface area contributed by atoms with Crippen molar-refractivity contribution in [1.82, 2.24) is 14.8 Å². The fourth-order valence-electron chi connectivity index (χ4n) is 4.22. The van der Waals surface area contributed by atoms with Crippen molar-refractivity contribution in [2.75, 3.05) is 23.9 Å². The summed E-state index contributed by atoms with van der Waals surface area (Å²) in [6.45, 7) is 1.84. The van der Waals surface area contributed by atoms with E-state index in [1.807, 2.05) is 25.1 Å². The van der Waals surface area contributed by atoms with Crippen LogP contribution in [0.4, 0.5) is 5.69 Å². The molecule has 1 atom stereocenters. The molecule has 3 heterocycles. The van der Waals surface area contributed by atoms with Crippen LogP contribution in [0.15, 0.2) is 30.3 Å². The summed E-state index contributed by atoms with van der Waals surface area (Å²) in [6, 6.07) is 8.81. The van der Waals surface area contributed by atoms with E-state index in [9.17, 15) is 13.2 Å². The second-order valence-electron chi connectivity index (χ2n) is 8.34. The molecule has 1 aromatic carbocycles. The normalized spacial score (nSPS) is 20.1. The van der Waals surface area contributed by atoms with Crippen LogP contribution in [0.2, 0.25) is 0 Å². The van der Waals surface area contributed by atoms with Gasteiger partial charge in [0.25, 0.3) is 5.91 Å². The Balaban J connectivity index is 1.59. The lowest BCUT2D eigenvalue weighted by Gasteiger charge is -2.12. The average Bonchev–Trinajstić information content (AvgIpc) is 3.46. The number of hydrogen-bond acceptors (Lipinski definition) is 6. The molecule has 0 bridgehead atoms. The number of aromatic nitrogens is 3. The van der Waals surface area contributed by atoms with E-state index in [0.29, 0.717) is 46.1 Å². The minimum Gasteiger partial charge on any atom is -0.497 e. The zero-order valence-electron chi connectivity index (χ0n) is 17.5. The third-order valence-corrected chi connectivity index (χ3v) is 7.73. The Morgan fingerprint density at radius 2 is 2.03 bits per heavy atom. The Morgan fingerprint density at radius 3 is 2.71 bits per heavy atom. The van der Waals surface area contributed by atoms with Gasteiger partial charge in [0, 0.05) is 23.4 Å². The average molecular weight is 441 g/mol. The van der Waals surface area contributed by atoms with Crippen molar-refractivity contribution in [3.63, 3.8) is 0 Å². The minimum absolute atomic E-state index is 0.0594. The molecule has 162 valence electrons. The molecule has 1 aliphatic carbocycles. The molecule has 1 aliphatic heterocycles.